The Morgan fingerprint density at radius 1 is 1.56 bits per heavy atom. The van der Waals surface area contributed by atoms with Crippen LogP contribution in [0.25, 0.3) is 0 Å². The molecular weight excluding hydrogens is 206 g/mol. The first-order valence-electron chi connectivity index (χ1n) is 5.66. The maximum atomic E-state index is 11.5. The predicted molar refractivity (Wildman–Crippen MR) is 62.1 cm³/mol. The fourth-order valence-corrected chi connectivity index (χ4v) is 1.34. The van der Waals surface area contributed by atoms with Gasteiger partial charge in [0.15, 0.2) is 0 Å². The van der Waals surface area contributed by atoms with Crippen LogP contribution in [0, 0.1) is 6.92 Å². The fraction of sp³-hybridized carbons (Fsp3) is 0.636. The molecule has 0 aliphatic rings. The molecule has 0 amide bonds. The molecule has 1 aromatic rings. The van der Waals surface area contributed by atoms with E-state index in [1.165, 1.54) is 6.20 Å². The van der Waals surface area contributed by atoms with Gasteiger partial charge in [0.2, 0.25) is 0 Å². The first-order chi connectivity index (χ1) is 7.70. The average molecular weight is 225 g/mol. The van der Waals surface area contributed by atoms with E-state index in [4.69, 9.17) is 4.74 Å². The summed E-state index contributed by atoms with van der Waals surface area (Å²) in [6.45, 7) is 6.99. The zero-order chi connectivity index (χ0) is 12.0. The summed E-state index contributed by atoms with van der Waals surface area (Å²) >= 11 is 0. The van der Waals surface area contributed by atoms with Crippen molar-refractivity contribution in [2.75, 3.05) is 18.6 Å². The quantitative estimate of drug-likeness (QED) is 0.591. The van der Waals surface area contributed by atoms with Gasteiger partial charge >= 0.3 is 5.97 Å². The molecule has 0 atom stereocenters. The van der Waals surface area contributed by atoms with Crippen LogP contribution in [0.5, 0.6) is 0 Å². The maximum Gasteiger partial charge on any atom is 0.341 e. The third-order valence-corrected chi connectivity index (χ3v) is 2.30. The first-order valence-corrected chi connectivity index (χ1v) is 5.66. The summed E-state index contributed by atoms with van der Waals surface area (Å²) in [5.41, 5.74) is 4.43. The summed E-state index contributed by atoms with van der Waals surface area (Å²) in [5, 5.41) is 4.10. The Balaban J connectivity index is 2.64. The van der Waals surface area contributed by atoms with E-state index in [0.29, 0.717) is 12.2 Å². The molecule has 0 saturated carbocycles. The number of aromatic nitrogens is 2. The number of nitrogens with one attached hydrogen (secondary N) is 1. The van der Waals surface area contributed by atoms with Gasteiger partial charge in [-0.2, -0.15) is 9.89 Å². The molecule has 0 aliphatic heterocycles. The lowest BCUT2D eigenvalue weighted by atomic mass is 10.3. The van der Waals surface area contributed by atoms with Crippen LogP contribution in [0.1, 0.15) is 42.7 Å². The van der Waals surface area contributed by atoms with Crippen LogP contribution in [0.15, 0.2) is 6.20 Å². The molecule has 0 spiro atoms. The fourth-order valence-electron chi connectivity index (χ4n) is 1.34. The van der Waals surface area contributed by atoms with Crippen LogP contribution in [0.2, 0.25) is 0 Å². The average Bonchev–Trinajstić information content (AvgIpc) is 2.61. The minimum absolute atomic E-state index is 0.316. The smallest absolute Gasteiger partial charge is 0.341 e. The number of esters is 1. The number of unbranched alkanes of at least 4 members (excludes halogenated alkanes) is 1. The molecule has 5 heteroatoms. The molecule has 1 heterocycles. The van der Waals surface area contributed by atoms with Crippen LogP contribution in [0.4, 0.5) is 0 Å². The van der Waals surface area contributed by atoms with Gasteiger partial charge in [-0.3, -0.25) is 0 Å². The summed E-state index contributed by atoms with van der Waals surface area (Å²) < 4.78 is 4.93. The molecule has 0 unspecified atom stereocenters. The lowest BCUT2D eigenvalue weighted by Crippen LogP contribution is -2.19. The van der Waals surface area contributed by atoms with Crippen LogP contribution in [0.3, 0.4) is 0 Å². The number of ether oxygens (including phenoxy) is 1. The minimum Gasteiger partial charge on any atom is -0.462 e. The van der Waals surface area contributed by atoms with Crippen LogP contribution in [-0.2, 0) is 4.74 Å². The summed E-state index contributed by atoms with van der Waals surface area (Å²) in [6, 6.07) is 0. The highest BCUT2D eigenvalue weighted by Gasteiger charge is 2.14. The van der Waals surface area contributed by atoms with Crippen molar-refractivity contribution in [3.05, 3.63) is 17.5 Å². The first kappa shape index (κ1) is 12.5. The highest BCUT2D eigenvalue weighted by Crippen LogP contribution is 2.07. The number of carbonyl (C=O) groups is 1. The molecule has 16 heavy (non-hydrogen) atoms. The zero-order valence-electron chi connectivity index (χ0n) is 10.1. The number of hydrogen-bond acceptors (Lipinski definition) is 4. The van der Waals surface area contributed by atoms with Crippen molar-refractivity contribution in [1.29, 1.82) is 0 Å². The maximum absolute atomic E-state index is 11.5. The Hall–Kier alpha value is -1.52. The summed E-state index contributed by atoms with van der Waals surface area (Å²) in [5.74, 6) is -0.316. The Bertz CT molecular complexity index is 347. The highest BCUT2D eigenvalue weighted by atomic mass is 16.5. The van der Waals surface area contributed by atoms with Gasteiger partial charge < -0.3 is 10.2 Å². The van der Waals surface area contributed by atoms with Gasteiger partial charge in [-0.1, -0.05) is 13.3 Å². The molecule has 1 N–H and O–H groups in total. The topological polar surface area (TPSA) is 56.2 Å². The minimum atomic E-state index is -0.316. The van der Waals surface area contributed by atoms with E-state index in [1.807, 2.05) is 6.92 Å². The lowest BCUT2D eigenvalue weighted by Gasteiger charge is -2.07. The van der Waals surface area contributed by atoms with E-state index >= 15 is 0 Å². The predicted octanol–water partition coefficient (Wildman–Crippen LogP) is 1.71. The summed E-state index contributed by atoms with van der Waals surface area (Å²) in [4.78, 5) is 13.1. The van der Waals surface area contributed by atoms with Crippen molar-refractivity contribution >= 4 is 5.97 Å². The Morgan fingerprint density at radius 3 is 2.94 bits per heavy atom. The second kappa shape index (κ2) is 6.15. The lowest BCUT2D eigenvalue weighted by molar-refractivity contribution is 0.0525. The molecular formula is C11H19N3O2. The molecule has 5 nitrogen and oxygen atoms in total. The Kier molecular flexibility index (Phi) is 4.82. The van der Waals surface area contributed by atoms with Gasteiger partial charge in [-0.25, -0.2) is 4.79 Å². The van der Waals surface area contributed by atoms with Crippen molar-refractivity contribution in [2.45, 2.75) is 33.6 Å². The van der Waals surface area contributed by atoms with Crippen molar-refractivity contribution in [3.8, 4) is 0 Å². The standard InChI is InChI=1S/C11H19N3O2/c1-4-6-7-12-14-9(3)10(8-13-14)11(15)16-5-2/h8,12H,4-7H2,1-3H3. The van der Waals surface area contributed by atoms with Crippen molar-refractivity contribution in [3.63, 3.8) is 0 Å². The summed E-state index contributed by atoms with van der Waals surface area (Å²) in [7, 11) is 0. The number of hydrogen-bond donors (Lipinski definition) is 1. The van der Waals surface area contributed by atoms with Gasteiger partial charge in [0.05, 0.1) is 18.5 Å². The number of carbonyl (C=O) groups excluding carboxylic acids is 1. The van der Waals surface area contributed by atoms with E-state index in [9.17, 15) is 4.79 Å². The van der Waals surface area contributed by atoms with Gasteiger partial charge in [0, 0.05) is 6.54 Å². The van der Waals surface area contributed by atoms with Crippen molar-refractivity contribution < 1.29 is 9.53 Å². The van der Waals surface area contributed by atoms with E-state index < -0.39 is 0 Å². The van der Waals surface area contributed by atoms with E-state index in [1.54, 1.807) is 11.7 Å². The molecule has 1 rings (SSSR count). The van der Waals surface area contributed by atoms with Gasteiger partial charge in [0.1, 0.15) is 5.56 Å². The second-order valence-electron chi connectivity index (χ2n) is 3.54. The third-order valence-electron chi connectivity index (χ3n) is 2.30. The van der Waals surface area contributed by atoms with Crippen molar-refractivity contribution in [1.82, 2.24) is 9.89 Å². The summed E-state index contributed by atoms with van der Waals surface area (Å²) in [6.07, 6.45) is 3.73. The highest BCUT2D eigenvalue weighted by molar-refractivity contribution is 5.90. The zero-order valence-corrected chi connectivity index (χ0v) is 10.1. The van der Waals surface area contributed by atoms with E-state index in [2.05, 4.69) is 17.4 Å². The third kappa shape index (κ3) is 2.98. The normalized spacial score (nSPS) is 10.2. The van der Waals surface area contributed by atoms with Gasteiger partial charge in [0.25, 0.3) is 0 Å². The molecule has 0 bridgehead atoms. The Morgan fingerprint density at radius 2 is 2.31 bits per heavy atom. The molecule has 0 aromatic carbocycles. The SMILES string of the molecule is CCCCNn1ncc(C(=O)OCC)c1C. The molecule has 0 aliphatic carbocycles. The molecule has 90 valence electrons. The number of rotatable bonds is 6. The number of nitrogens with zero attached hydrogens (tertiary/aromatic N) is 2. The van der Waals surface area contributed by atoms with E-state index in [-0.39, 0.29) is 5.97 Å². The largest absolute Gasteiger partial charge is 0.462 e. The van der Waals surface area contributed by atoms with E-state index in [0.717, 1.165) is 25.1 Å². The van der Waals surface area contributed by atoms with Crippen LogP contribution < -0.4 is 5.43 Å². The van der Waals surface area contributed by atoms with Gasteiger partial charge in [-0.15, -0.1) is 0 Å². The van der Waals surface area contributed by atoms with Crippen molar-refractivity contribution in [2.24, 2.45) is 0 Å². The second-order valence-corrected chi connectivity index (χ2v) is 3.54. The molecule has 0 saturated heterocycles. The Labute approximate surface area is 95.8 Å². The molecule has 0 fully saturated rings. The molecule has 1 aromatic heterocycles. The van der Waals surface area contributed by atoms with Crippen LogP contribution in [-0.4, -0.2) is 29.0 Å². The van der Waals surface area contributed by atoms with Gasteiger partial charge in [-0.05, 0) is 20.3 Å². The molecule has 0 radical (unpaired) electrons. The van der Waals surface area contributed by atoms with Crippen LogP contribution >= 0.6 is 0 Å². The monoisotopic (exact) mass is 225 g/mol.